The monoisotopic (exact) mass is 483 g/mol. The zero-order chi connectivity index (χ0) is 24.5. The highest BCUT2D eigenvalue weighted by Crippen LogP contribution is 2.25. The van der Waals surface area contributed by atoms with Gasteiger partial charge < -0.3 is 10.1 Å². The molecule has 1 aliphatic rings. The van der Waals surface area contributed by atoms with Crippen molar-refractivity contribution in [2.75, 3.05) is 0 Å². The number of rotatable bonds is 11. The first kappa shape index (κ1) is 25.5. The van der Waals surface area contributed by atoms with Gasteiger partial charge in [-0.2, -0.15) is 0 Å². The van der Waals surface area contributed by atoms with Crippen molar-refractivity contribution in [2.45, 2.75) is 44.6 Å². The van der Waals surface area contributed by atoms with Gasteiger partial charge in [0.2, 0.25) is 5.91 Å². The minimum atomic E-state index is -0.786. The molecular formula is C27H27ClFNO4. The van der Waals surface area contributed by atoms with Crippen LogP contribution < -0.4 is 5.32 Å². The van der Waals surface area contributed by atoms with Crippen molar-refractivity contribution >= 4 is 41.4 Å². The number of benzene rings is 2. The van der Waals surface area contributed by atoms with Crippen molar-refractivity contribution in [2.24, 2.45) is 11.8 Å². The summed E-state index contributed by atoms with van der Waals surface area (Å²) in [5, 5.41) is 2.97. The van der Waals surface area contributed by atoms with E-state index in [0.29, 0.717) is 19.1 Å². The first-order valence-electron chi connectivity index (χ1n) is 11.3. The molecule has 3 atom stereocenters. The van der Waals surface area contributed by atoms with Crippen LogP contribution in [0.15, 0.2) is 54.6 Å². The van der Waals surface area contributed by atoms with Crippen LogP contribution in [0.3, 0.4) is 0 Å². The van der Waals surface area contributed by atoms with Gasteiger partial charge in [-0.25, -0.2) is 4.39 Å². The van der Waals surface area contributed by atoms with Crippen LogP contribution in [0.4, 0.5) is 4.39 Å². The molecule has 178 valence electrons. The van der Waals surface area contributed by atoms with E-state index in [0.717, 1.165) is 24.5 Å². The van der Waals surface area contributed by atoms with Crippen LogP contribution in [0.2, 0.25) is 5.02 Å². The lowest BCUT2D eigenvalue weighted by molar-refractivity contribution is -0.130. The molecule has 1 saturated carbocycles. The summed E-state index contributed by atoms with van der Waals surface area (Å²) in [5.74, 6) is -2.15. The number of nitrogens with one attached hydrogen (secondary N) is 1. The van der Waals surface area contributed by atoms with Gasteiger partial charge >= 0.3 is 0 Å². The van der Waals surface area contributed by atoms with Crippen LogP contribution in [0.5, 0.6) is 0 Å². The number of carbonyl (C=O) groups excluding carboxylic acids is 4. The minimum absolute atomic E-state index is 0.111. The zero-order valence-electron chi connectivity index (χ0n) is 18.7. The third-order valence-electron chi connectivity index (χ3n) is 6.02. The maximum atomic E-state index is 14.0. The van der Waals surface area contributed by atoms with E-state index in [1.54, 1.807) is 0 Å². The van der Waals surface area contributed by atoms with E-state index in [9.17, 15) is 23.6 Å². The Morgan fingerprint density at radius 1 is 1.18 bits per heavy atom. The Labute approximate surface area is 203 Å². The Morgan fingerprint density at radius 3 is 2.59 bits per heavy atom. The van der Waals surface area contributed by atoms with E-state index in [1.165, 1.54) is 24.3 Å². The van der Waals surface area contributed by atoms with Gasteiger partial charge in [-0.05, 0) is 55.5 Å². The zero-order valence-corrected chi connectivity index (χ0v) is 19.5. The molecule has 3 rings (SSSR count). The van der Waals surface area contributed by atoms with Crippen LogP contribution in [-0.4, -0.2) is 29.8 Å². The fourth-order valence-electron chi connectivity index (χ4n) is 4.18. The summed E-state index contributed by atoms with van der Waals surface area (Å²) in [4.78, 5) is 49.3. The van der Waals surface area contributed by atoms with E-state index < -0.39 is 23.7 Å². The molecule has 0 saturated heterocycles. The van der Waals surface area contributed by atoms with Crippen molar-refractivity contribution in [1.29, 1.82) is 0 Å². The van der Waals surface area contributed by atoms with Gasteiger partial charge in [0.05, 0.1) is 6.04 Å². The van der Waals surface area contributed by atoms with Gasteiger partial charge in [0.25, 0.3) is 0 Å². The third-order valence-corrected chi connectivity index (χ3v) is 6.25. The molecule has 0 unspecified atom stereocenters. The summed E-state index contributed by atoms with van der Waals surface area (Å²) in [6.45, 7) is 0. The lowest BCUT2D eigenvalue weighted by atomic mass is 9.92. The second-order valence-electron chi connectivity index (χ2n) is 8.60. The van der Waals surface area contributed by atoms with E-state index in [4.69, 9.17) is 11.6 Å². The van der Waals surface area contributed by atoms with Gasteiger partial charge in [-0.3, -0.25) is 14.4 Å². The molecule has 2 aromatic rings. The molecule has 34 heavy (non-hydrogen) atoms. The molecule has 0 spiro atoms. The van der Waals surface area contributed by atoms with Crippen LogP contribution in [0.1, 0.15) is 43.2 Å². The van der Waals surface area contributed by atoms with Crippen molar-refractivity contribution in [3.05, 3.63) is 76.6 Å². The highest BCUT2D eigenvalue weighted by Gasteiger charge is 2.29. The van der Waals surface area contributed by atoms with Crippen molar-refractivity contribution in [3.8, 4) is 0 Å². The quantitative estimate of drug-likeness (QED) is 0.369. The van der Waals surface area contributed by atoms with Crippen LogP contribution in [0.25, 0.3) is 6.08 Å². The average molecular weight is 484 g/mol. The molecule has 7 heteroatoms. The summed E-state index contributed by atoms with van der Waals surface area (Å²) in [6.07, 6.45) is 5.73. The number of amides is 1. The molecule has 0 heterocycles. The molecule has 1 amide bonds. The molecule has 2 aromatic carbocycles. The molecule has 0 aromatic heterocycles. The highest BCUT2D eigenvalue weighted by molar-refractivity contribution is 6.30. The lowest BCUT2D eigenvalue weighted by Gasteiger charge is -2.21. The molecule has 0 bridgehead atoms. The standard InChI is InChI=1S/C27H27ClFNO4/c28-22-11-9-19(25(29)16-22)10-12-24(32)15-21(13-18-5-2-1-3-6-18)27(34)30-23(17-31)14-20-7-4-8-26(20)33/h1-3,5-6,9-12,16-17,20-21,23H,4,7-8,13-15H2,(H,30,34)/b12-10+/t20-,21+,23-/m0/s1. The summed E-state index contributed by atoms with van der Waals surface area (Å²) in [7, 11) is 0. The Hall–Kier alpha value is -3.12. The SMILES string of the molecule is O=C[C@H](C[C@@H]1CCCC1=O)NC(=O)[C@@H](CC(=O)/C=C/c1ccc(Cl)cc1F)Cc1ccccc1. The van der Waals surface area contributed by atoms with Crippen LogP contribution in [-0.2, 0) is 25.6 Å². The Bertz CT molecular complexity index is 1070. The molecule has 1 N–H and O–H groups in total. The van der Waals surface area contributed by atoms with Gasteiger partial charge in [-0.1, -0.05) is 48.0 Å². The summed E-state index contributed by atoms with van der Waals surface area (Å²) in [5.41, 5.74) is 1.08. The third kappa shape index (κ3) is 7.45. The van der Waals surface area contributed by atoms with Gasteiger partial charge in [-0.15, -0.1) is 0 Å². The fraction of sp³-hybridized carbons (Fsp3) is 0.333. The predicted molar refractivity (Wildman–Crippen MR) is 129 cm³/mol. The Kier molecular flexibility index (Phi) is 9.28. The van der Waals surface area contributed by atoms with E-state index in [-0.39, 0.29) is 40.9 Å². The fourth-order valence-corrected chi connectivity index (χ4v) is 4.34. The van der Waals surface area contributed by atoms with Crippen LogP contribution in [0, 0.1) is 17.7 Å². The summed E-state index contributed by atoms with van der Waals surface area (Å²) < 4.78 is 14.0. The number of hydrogen-bond donors (Lipinski definition) is 1. The topological polar surface area (TPSA) is 80.3 Å². The van der Waals surface area contributed by atoms with Crippen LogP contribution >= 0.6 is 11.6 Å². The molecule has 0 aliphatic heterocycles. The Morgan fingerprint density at radius 2 is 1.94 bits per heavy atom. The number of ketones is 2. The number of carbonyl (C=O) groups is 4. The largest absolute Gasteiger partial charge is 0.346 e. The number of allylic oxidation sites excluding steroid dienone is 1. The summed E-state index contributed by atoms with van der Waals surface area (Å²) >= 11 is 5.76. The maximum Gasteiger partial charge on any atom is 0.224 e. The number of halogens is 2. The molecule has 1 fully saturated rings. The van der Waals surface area contributed by atoms with E-state index >= 15 is 0 Å². The first-order chi connectivity index (χ1) is 16.4. The average Bonchev–Trinajstić information content (AvgIpc) is 3.22. The number of Topliss-reactive ketones (excluding diaryl/α,β-unsaturated/α-hetero) is 1. The van der Waals surface area contributed by atoms with Gasteiger partial charge in [0, 0.05) is 35.3 Å². The minimum Gasteiger partial charge on any atom is -0.346 e. The number of aldehydes is 1. The first-order valence-corrected chi connectivity index (χ1v) is 11.7. The van der Waals surface area contributed by atoms with E-state index in [1.807, 2.05) is 30.3 Å². The van der Waals surface area contributed by atoms with Crippen molar-refractivity contribution < 1.29 is 23.6 Å². The van der Waals surface area contributed by atoms with E-state index in [2.05, 4.69) is 5.32 Å². The smallest absolute Gasteiger partial charge is 0.224 e. The van der Waals surface area contributed by atoms with Crippen molar-refractivity contribution in [3.63, 3.8) is 0 Å². The normalized spacial score (nSPS) is 17.5. The molecule has 5 nitrogen and oxygen atoms in total. The molecular weight excluding hydrogens is 457 g/mol. The highest BCUT2D eigenvalue weighted by atomic mass is 35.5. The molecule has 1 aliphatic carbocycles. The maximum absolute atomic E-state index is 14.0. The number of hydrogen-bond acceptors (Lipinski definition) is 4. The lowest BCUT2D eigenvalue weighted by Crippen LogP contribution is -2.42. The van der Waals surface area contributed by atoms with Gasteiger partial charge in [0.15, 0.2) is 5.78 Å². The second kappa shape index (κ2) is 12.4. The van der Waals surface area contributed by atoms with Gasteiger partial charge in [0.1, 0.15) is 17.9 Å². The Balaban J connectivity index is 1.69. The van der Waals surface area contributed by atoms with Crippen molar-refractivity contribution in [1.82, 2.24) is 5.32 Å². The summed E-state index contributed by atoms with van der Waals surface area (Å²) in [6, 6.07) is 12.6. The second-order valence-corrected chi connectivity index (χ2v) is 9.04. The predicted octanol–water partition coefficient (Wildman–Crippen LogP) is 4.75. The molecule has 0 radical (unpaired) electrons.